The number of para-hydroxylation sites is 1. The predicted molar refractivity (Wildman–Crippen MR) is 79.1 cm³/mol. The van der Waals surface area contributed by atoms with Crippen LogP contribution < -0.4 is 4.90 Å². The molecule has 3 nitrogen and oxygen atoms in total. The van der Waals surface area contributed by atoms with E-state index in [1.165, 1.54) is 6.07 Å². The molecule has 4 heteroatoms. The largest absolute Gasteiger partial charge is 0.366 e. The molecule has 0 spiro atoms. The van der Waals surface area contributed by atoms with Gasteiger partial charge in [0.1, 0.15) is 5.82 Å². The highest BCUT2D eigenvalue weighted by Crippen LogP contribution is 2.20. The van der Waals surface area contributed by atoms with Gasteiger partial charge in [-0.3, -0.25) is 4.79 Å². The maximum absolute atomic E-state index is 13.7. The highest BCUT2D eigenvalue weighted by atomic mass is 19.1. The smallest absolute Gasteiger partial charge is 0.246 e. The quantitative estimate of drug-likeness (QED) is 0.625. The molecule has 0 saturated carbocycles. The Balaban J connectivity index is 1.93. The Hall–Kier alpha value is -2.10. The lowest BCUT2D eigenvalue weighted by atomic mass is 10.2. The Labute approximate surface area is 119 Å². The van der Waals surface area contributed by atoms with Gasteiger partial charge in [0.05, 0.1) is 5.69 Å². The van der Waals surface area contributed by atoms with Crippen LogP contribution in [0.15, 0.2) is 48.6 Å². The third-order valence-electron chi connectivity index (χ3n) is 3.33. The van der Waals surface area contributed by atoms with E-state index in [-0.39, 0.29) is 11.7 Å². The maximum Gasteiger partial charge on any atom is 0.246 e. The zero-order valence-electron chi connectivity index (χ0n) is 11.6. The van der Waals surface area contributed by atoms with Crippen molar-refractivity contribution in [2.45, 2.75) is 6.92 Å². The monoisotopic (exact) mass is 274 g/mol. The Morgan fingerprint density at radius 1 is 1.15 bits per heavy atom. The number of hydrogen-bond donors (Lipinski definition) is 0. The van der Waals surface area contributed by atoms with E-state index in [1.807, 2.05) is 30.0 Å². The minimum atomic E-state index is -0.208. The molecular formula is C16H19FN2O. The van der Waals surface area contributed by atoms with Crippen molar-refractivity contribution in [1.82, 2.24) is 4.90 Å². The number of amides is 1. The molecule has 0 N–H and O–H groups in total. The van der Waals surface area contributed by atoms with Crippen LogP contribution in [0, 0.1) is 5.82 Å². The number of rotatable bonds is 3. The molecule has 1 fully saturated rings. The van der Waals surface area contributed by atoms with E-state index in [1.54, 1.807) is 29.2 Å². The molecule has 0 aliphatic carbocycles. The molecule has 0 aromatic heterocycles. The average Bonchev–Trinajstić information content (AvgIpc) is 2.48. The fourth-order valence-electron chi connectivity index (χ4n) is 2.23. The number of benzene rings is 1. The van der Waals surface area contributed by atoms with E-state index in [0.29, 0.717) is 31.9 Å². The van der Waals surface area contributed by atoms with Crippen LogP contribution in [0.25, 0.3) is 0 Å². The zero-order chi connectivity index (χ0) is 14.4. The van der Waals surface area contributed by atoms with Gasteiger partial charge in [0.2, 0.25) is 5.91 Å². The van der Waals surface area contributed by atoms with Gasteiger partial charge >= 0.3 is 0 Å². The molecule has 106 valence electrons. The van der Waals surface area contributed by atoms with Gasteiger partial charge < -0.3 is 9.80 Å². The number of allylic oxidation sites excluding steroid dienone is 3. The molecule has 1 heterocycles. The number of carbonyl (C=O) groups is 1. The first-order valence-corrected chi connectivity index (χ1v) is 6.80. The average molecular weight is 274 g/mol. The van der Waals surface area contributed by atoms with Crippen LogP contribution in [0.5, 0.6) is 0 Å². The van der Waals surface area contributed by atoms with E-state index in [9.17, 15) is 9.18 Å². The number of carbonyl (C=O) groups excluding carboxylic acids is 1. The first kappa shape index (κ1) is 14.3. The second-order valence-electron chi connectivity index (χ2n) is 4.65. The van der Waals surface area contributed by atoms with E-state index in [0.717, 1.165) is 0 Å². The highest BCUT2D eigenvalue weighted by Gasteiger charge is 2.21. The van der Waals surface area contributed by atoms with Gasteiger partial charge in [-0.2, -0.15) is 0 Å². The van der Waals surface area contributed by atoms with Crippen LogP contribution in [0.3, 0.4) is 0 Å². The standard InChI is InChI=1S/C16H19FN2O/c1-2-3-4-9-16(20)19-12-10-18(11-13-19)15-8-6-5-7-14(15)17/h2-9H,10-13H2,1H3/b3-2+,9-4-. The van der Waals surface area contributed by atoms with Crippen LogP contribution >= 0.6 is 0 Å². The fourth-order valence-corrected chi connectivity index (χ4v) is 2.23. The summed E-state index contributed by atoms with van der Waals surface area (Å²) in [6.07, 6.45) is 7.01. The van der Waals surface area contributed by atoms with Crippen molar-refractivity contribution in [1.29, 1.82) is 0 Å². The van der Waals surface area contributed by atoms with Gasteiger partial charge in [0, 0.05) is 32.3 Å². The van der Waals surface area contributed by atoms with Crippen LogP contribution in [-0.4, -0.2) is 37.0 Å². The lowest BCUT2D eigenvalue weighted by Crippen LogP contribution is -2.48. The molecule has 2 rings (SSSR count). The van der Waals surface area contributed by atoms with Gasteiger partial charge in [0.15, 0.2) is 0 Å². The Morgan fingerprint density at radius 3 is 2.50 bits per heavy atom. The molecule has 0 atom stereocenters. The molecular weight excluding hydrogens is 255 g/mol. The van der Waals surface area contributed by atoms with Gasteiger partial charge in [-0.15, -0.1) is 0 Å². The van der Waals surface area contributed by atoms with Crippen LogP contribution in [0.4, 0.5) is 10.1 Å². The molecule has 1 amide bonds. The summed E-state index contributed by atoms with van der Waals surface area (Å²) in [6.45, 7) is 4.46. The van der Waals surface area contributed by atoms with E-state index in [4.69, 9.17) is 0 Å². The number of anilines is 1. The van der Waals surface area contributed by atoms with Crippen molar-refractivity contribution < 1.29 is 9.18 Å². The Bertz CT molecular complexity index is 517. The summed E-state index contributed by atoms with van der Waals surface area (Å²) < 4.78 is 13.7. The SMILES string of the molecule is C/C=C/C=C\C(=O)N1CCN(c2ccccc2F)CC1. The van der Waals surface area contributed by atoms with Crippen LogP contribution in [0.1, 0.15) is 6.92 Å². The minimum absolute atomic E-state index is 0.0104. The first-order valence-electron chi connectivity index (χ1n) is 6.80. The molecule has 1 aliphatic rings. The summed E-state index contributed by atoms with van der Waals surface area (Å²) in [7, 11) is 0. The number of halogens is 1. The van der Waals surface area contributed by atoms with Crippen molar-refractivity contribution in [3.05, 3.63) is 54.4 Å². The molecule has 0 unspecified atom stereocenters. The van der Waals surface area contributed by atoms with Gasteiger partial charge in [0.25, 0.3) is 0 Å². The highest BCUT2D eigenvalue weighted by molar-refractivity contribution is 5.88. The van der Waals surface area contributed by atoms with Crippen molar-refractivity contribution in [3.63, 3.8) is 0 Å². The first-order chi connectivity index (χ1) is 9.72. The number of nitrogens with zero attached hydrogens (tertiary/aromatic N) is 2. The molecule has 20 heavy (non-hydrogen) atoms. The summed E-state index contributed by atoms with van der Waals surface area (Å²) in [5.74, 6) is -0.198. The molecule has 1 aromatic rings. The molecule has 1 saturated heterocycles. The third kappa shape index (κ3) is 3.47. The molecule has 0 bridgehead atoms. The summed E-state index contributed by atoms with van der Waals surface area (Å²) in [4.78, 5) is 15.7. The Kier molecular flexibility index (Phi) is 4.93. The minimum Gasteiger partial charge on any atom is -0.366 e. The number of hydrogen-bond acceptors (Lipinski definition) is 2. The summed E-state index contributed by atoms with van der Waals surface area (Å²) in [5, 5.41) is 0. The van der Waals surface area contributed by atoms with E-state index >= 15 is 0 Å². The lowest BCUT2D eigenvalue weighted by Gasteiger charge is -2.35. The van der Waals surface area contributed by atoms with E-state index < -0.39 is 0 Å². The van der Waals surface area contributed by atoms with E-state index in [2.05, 4.69) is 0 Å². The molecule has 1 aliphatic heterocycles. The Morgan fingerprint density at radius 2 is 1.85 bits per heavy atom. The van der Waals surface area contributed by atoms with Crippen LogP contribution in [0.2, 0.25) is 0 Å². The summed E-state index contributed by atoms with van der Waals surface area (Å²) in [5.41, 5.74) is 0.615. The number of piperazine rings is 1. The lowest BCUT2D eigenvalue weighted by molar-refractivity contribution is -0.126. The van der Waals surface area contributed by atoms with Crippen LogP contribution in [-0.2, 0) is 4.79 Å². The summed E-state index contributed by atoms with van der Waals surface area (Å²) in [6, 6.07) is 6.76. The maximum atomic E-state index is 13.7. The zero-order valence-corrected chi connectivity index (χ0v) is 11.6. The fraction of sp³-hybridized carbons (Fsp3) is 0.312. The topological polar surface area (TPSA) is 23.6 Å². The van der Waals surface area contributed by atoms with Gasteiger partial charge in [-0.05, 0) is 19.1 Å². The van der Waals surface area contributed by atoms with Crippen molar-refractivity contribution in [2.24, 2.45) is 0 Å². The summed E-state index contributed by atoms with van der Waals surface area (Å²) >= 11 is 0. The second-order valence-corrected chi connectivity index (χ2v) is 4.65. The molecule has 0 radical (unpaired) electrons. The second kappa shape index (κ2) is 6.89. The van der Waals surface area contributed by atoms with Gasteiger partial charge in [-0.1, -0.05) is 30.4 Å². The predicted octanol–water partition coefficient (Wildman–Crippen LogP) is 2.61. The van der Waals surface area contributed by atoms with Crippen molar-refractivity contribution in [3.8, 4) is 0 Å². The third-order valence-corrected chi connectivity index (χ3v) is 3.33. The van der Waals surface area contributed by atoms with Crippen molar-refractivity contribution in [2.75, 3.05) is 31.1 Å². The van der Waals surface area contributed by atoms with Crippen molar-refractivity contribution >= 4 is 11.6 Å². The molecule has 1 aromatic carbocycles. The normalized spacial score (nSPS) is 16.3. The van der Waals surface area contributed by atoms with Gasteiger partial charge in [-0.25, -0.2) is 4.39 Å².